The number of aromatic amines is 1. The highest BCUT2D eigenvalue weighted by molar-refractivity contribution is 6.08. The van der Waals surface area contributed by atoms with E-state index in [1.54, 1.807) is 54.4 Å². The molecule has 0 saturated heterocycles. The topological polar surface area (TPSA) is 98.4 Å². The molecule has 1 aliphatic heterocycles. The first-order valence-corrected chi connectivity index (χ1v) is 11.0. The summed E-state index contributed by atoms with van der Waals surface area (Å²) in [6.07, 6.45) is 0.827. The molecule has 0 atom stereocenters. The van der Waals surface area contributed by atoms with E-state index in [0.29, 0.717) is 34.5 Å². The summed E-state index contributed by atoms with van der Waals surface area (Å²) in [4.78, 5) is 48.5. The van der Waals surface area contributed by atoms with Crippen molar-refractivity contribution in [3.05, 3.63) is 100 Å². The third-order valence-electron chi connectivity index (χ3n) is 5.89. The van der Waals surface area contributed by atoms with E-state index in [0.717, 1.165) is 17.7 Å². The summed E-state index contributed by atoms with van der Waals surface area (Å²) in [6.45, 7) is 0.754. The predicted molar refractivity (Wildman–Crippen MR) is 131 cm³/mol. The Morgan fingerprint density at radius 3 is 2.74 bits per heavy atom. The molecule has 4 aromatic rings. The number of H-pyrrole nitrogens is 1. The fraction of sp³-hybridized carbons (Fsp3) is 0.154. The number of hydrogen-bond acceptors (Lipinski definition) is 4. The molecule has 170 valence electrons. The third kappa shape index (κ3) is 4.13. The summed E-state index contributed by atoms with van der Waals surface area (Å²) in [6, 6.07) is 21.4. The molecule has 34 heavy (non-hydrogen) atoms. The van der Waals surface area contributed by atoms with Crippen LogP contribution in [0.15, 0.2) is 77.6 Å². The summed E-state index contributed by atoms with van der Waals surface area (Å²) in [7, 11) is 1.61. The zero-order chi connectivity index (χ0) is 23.7. The number of benzene rings is 3. The van der Waals surface area contributed by atoms with Gasteiger partial charge in [0.1, 0.15) is 5.82 Å². The Kier molecular flexibility index (Phi) is 5.55. The Balaban J connectivity index is 1.28. The molecule has 0 unspecified atom stereocenters. The lowest BCUT2D eigenvalue weighted by atomic mass is 10.1. The number of carbonyl (C=O) groups is 2. The number of nitrogens with one attached hydrogen (secondary N) is 2. The fourth-order valence-corrected chi connectivity index (χ4v) is 4.16. The number of carbonyl (C=O) groups excluding carboxylic acids is 2. The lowest BCUT2D eigenvalue weighted by molar-refractivity contribution is 0.0989. The van der Waals surface area contributed by atoms with Crippen LogP contribution in [0.5, 0.6) is 0 Å². The number of aromatic nitrogens is 2. The van der Waals surface area contributed by atoms with Gasteiger partial charge in [0.2, 0.25) is 0 Å². The number of nitrogens with zero attached hydrogens (tertiary/aromatic N) is 3. The van der Waals surface area contributed by atoms with Crippen molar-refractivity contribution in [3.63, 3.8) is 0 Å². The molecule has 5 rings (SSSR count). The molecule has 0 aliphatic carbocycles. The maximum atomic E-state index is 13.1. The second kappa shape index (κ2) is 8.82. The lowest BCUT2D eigenvalue weighted by Crippen LogP contribution is -2.32. The van der Waals surface area contributed by atoms with Crippen LogP contribution >= 0.6 is 0 Å². The number of para-hydroxylation sites is 2. The third-order valence-corrected chi connectivity index (χ3v) is 5.89. The van der Waals surface area contributed by atoms with Gasteiger partial charge < -0.3 is 20.1 Å². The van der Waals surface area contributed by atoms with Crippen LogP contribution in [0.1, 0.15) is 21.7 Å². The average Bonchev–Trinajstić information content (AvgIpc) is 3.28. The molecule has 3 amide bonds. The monoisotopic (exact) mass is 453 g/mol. The zero-order valence-corrected chi connectivity index (χ0v) is 18.6. The predicted octanol–water partition coefficient (Wildman–Crippen LogP) is 3.79. The first-order valence-electron chi connectivity index (χ1n) is 11.0. The minimum Gasteiger partial charge on any atom is -0.320 e. The Bertz CT molecular complexity index is 1460. The molecule has 0 fully saturated rings. The largest absolute Gasteiger partial charge is 0.321 e. The second-order valence-electron chi connectivity index (χ2n) is 8.23. The van der Waals surface area contributed by atoms with Crippen LogP contribution in [-0.4, -0.2) is 40.4 Å². The van der Waals surface area contributed by atoms with Gasteiger partial charge in [-0.2, -0.15) is 0 Å². The summed E-state index contributed by atoms with van der Waals surface area (Å²) in [5, 5.41) is 3.32. The van der Waals surface area contributed by atoms with Crippen molar-refractivity contribution in [1.82, 2.24) is 14.9 Å². The van der Waals surface area contributed by atoms with Crippen molar-refractivity contribution in [2.24, 2.45) is 0 Å². The minimum atomic E-state index is -0.382. The van der Waals surface area contributed by atoms with Crippen molar-refractivity contribution in [1.29, 1.82) is 0 Å². The molecule has 0 saturated carbocycles. The lowest BCUT2D eigenvalue weighted by Gasteiger charge is -2.19. The van der Waals surface area contributed by atoms with E-state index < -0.39 is 0 Å². The zero-order valence-electron chi connectivity index (χ0n) is 18.6. The van der Waals surface area contributed by atoms with Gasteiger partial charge in [-0.15, -0.1) is 0 Å². The van der Waals surface area contributed by atoms with Crippen LogP contribution in [0, 0.1) is 0 Å². The molecule has 8 nitrogen and oxygen atoms in total. The number of rotatable bonds is 4. The van der Waals surface area contributed by atoms with Gasteiger partial charge in [-0.25, -0.2) is 9.78 Å². The second-order valence-corrected chi connectivity index (χ2v) is 8.23. The summed E-state index contributed by atoms with van der Waals surface area (Å²) >= 11 is 0. The Morgan fingerprint density at radius 1 is 1.06 bits per heavy atom. The molecule has 8 heteroatoms. The van der Waals surface area contributed by atoms with Gasteiger partial charge in [-0.3, -0.25) is 9.59 Å². The van der Waals surface area contributed by atoms with Gasteiger partial charge in [0.25, 0.3) is 11.5 Å². The molecule has 3 aromatic carbocycles. The van der Waals surface area contributed by atoms with E-state index in [2.05, 4.69) is 15.3 Å². The molecule has 1 aliphatic rings. The first kappa shape index (κ1) is 21.4. The van der Waals surface area contributed by atoms with Crippen LogP contribution in [-0.2, 0) is 13.0 Å². The molecule has 0 radical (unpaired) electrons. The van der Waals surface area contributed by atoms with E-state index >= 15 is 0 Å². The molecule has 0 bridgehead atoms. The smallest absolute Gasteiger partial charge is 0.320 e. The minimum absolute atomic E-state index is 0.104. The highest BCUT2D eigenvalue weighted by Gasteiger charge is 2.25. The quantitative estimate of drug-likeness (QED) is 0.491. The number of anilines is 2. The molecule has 1 aromatic heterocycles. The van der Waals surface area contributed by atoms with Crippen LogP contribution < -0.4 is 15.8 Å². The molecular formula is C26H23N5O3. The standard InChI is InChI=1S/C26H23N5O3/c1-30(16-23-28-21-11-4-3-10-20(21)24(32)29-23)26(34)27-19-9-6-8-18(15-19)25(33)31-14-13-17-7-2-5-12-22(17)31/h2-12,15H,13-14,16H2,1H3,(H,27,34)(H,28,29,32). The van der Waals surface area contributed by atoms with Crippen LogP contribution in [0.3, 0.4) is 0 Å². The number of hydrogen-bond donors (Lipinski definition) is 2. The van der Waals surface area contributed by atoms with Crippen molar-refractivity contribution in [3.8, 4) is 0 Å². The fourth-order valence-electron chi connectivity index (χ4n) is 4.16. The van der Waals surface area contributed by atoms with Crippen LogP contribution in [0.25, 0.3) is 10.9 Å². The maximum absolute atomic E-state index is 13.1. The molecule has 0 spiro atoms. The van der Waals surface area contributed by atoms with Crippen molar-refractivity contribution >= 4 is 34.2 Å². The Hall–Kier alpha value is -4.46. The normalized spacial score (nSPS) is 12.4. The summed E-state index contributed by atoms with van der Waals surface area (Å²) < 4.78 is 0. The van der Waals surface area contributed by atoms with Gasteiger partial charge in [0.15, 0.2) is 0 Å². The maximum Gasteiger partial charge on any atom is 0.321 e. The van der Waals surface area contributed by atoms with Gasteiger partial charge in [0, 0.05) is 30.5 Å². The Morgan fingerprint density at radius 2 is 1.85 bits per heavy atom. The van der Waals surface area contributed by atoms with Crippen molar-refractivity contribution < 1.29 is 9.59 Å². The van der Waals surface area contributed by atoms with E-state index in [1.165, 1.54) is 4.90 Å². The SMILES string of the molecule is CN(Cc1nc2ccccc2c(=O)[nH]1)C(=O)Nc1cccc(C(=O)N2CCc3ccccc32)c1. The molecule has 2 N–H and O–H groups in total. The van der Waals surface area contributed by atoms with Crippen molar-refractivity contribution in [2.75, 3.05) is 23.8 Å². The van der Waals surface area contributed by atoms with E-state index in [4.69, 9.17) is 0 Å². The molecule has 2 heterocycles. The Labute approximate surface area is 195 Å². The van der Waals surface area contributed by atoms with Gasteiger partial charge in [0.05, 0.1) is 17.4 Å². The van der Waals surface area contributed by atoms with Gasteiger partial charge >= 0.3 is 6.03 Å². The average molecular weight is 454 g/mol. The van der Waals surface area contributed by atoms with Crippen molar-refractivity contribution in [2.45, 2.75) is 13.0 Å². The highest BCUT2D eigenvalue weighted by Crippen LogP contribution is 2.29. The number of urea groups is 1. The van der Waals surface area contributed by atoms with Gasteiger partial charge in [-0.05, 0) is 48.4 Å². The number of fused-ring (bicyclic) bond motifs is 2. The van der Waals surface area contributed by atoms with Crippen LogP contribution in [0.4, 0.5) is 16.2 Å². The van der Waals surface area contributed by atoms with Gasteiger partial charge in [-0.1, -0.05) is 36.4 Å². The summed E-state index contributed by atoms with van der Waals surface area (Å²) in [5.74, 6) is 0.283. The van der Waals surface area contributed by atoms with E-state index in [9.17, 15) is 14.4 Å². The highest BCUT2D eigenvalue weighted by atomic mass is 16.2. The molecular weight excluding hydrogens is 430 g/mol. The van der Waals surface area contributed by atoms with Crippen LogP contribution in [0.2, 0.25) is 0 Å². The first-order chi connectivity index (χ1) is 16.5. The van der Waals surface area contributed by atoms with E-state index in [1.807, 2.05) is 30.3 Å². The number of amides is 3. The van der Waals surface area contributed by atoms with E-state index in [-0.39, 0.29) is 24.0 Å². The summed E-state index contributed by atoms with van der Waals surface area (Å²) in [5.41, 5.74) is 3.42.